The van der Waals surface area contributed by atoms with Gasteiger partial charge in [-0.25, -0.2) is 0 Å². The Hall–Kier alpha value is -0.120. The molecule has 0 atom stereocenters. The molecule has 3 aliphatic rings. The normalized spacial score (nSPS) is 32.1. The Bertz CT molecular complexity index is 242. The minimum absolute atomic E-state index is 0.686. The highest BCUT2D eigenvalue weighted by molar-refractivity contribution is 4.99. The Morgan fingerprint density at radius 1 is 1.19 bits per heavy atom. The third-order valence-electron chi connectivity index (χ3n) is 4.87. The SMILES string of the molecule is CN1CCC(CN2CCC3(CNC3)C2)CC1. The van der Waals surface area contributed by atoms with Crippen molar-refractivity contribution in [3.8, 4) is 0 Å². The average molecular weight is 223 g/mol. The molecule has 0 aliphatic carbocycles. The van der Waals surface area contributed by atoms with Gasteiger partial charge in [0, 0.05) is 31.6 Å². The second-order valence-corrected chi connectivity index (χ2v) is 6.34. The Morgan fingerprint density at radius 2 is 1.94 bits per heavy atom. The maximum atomic E-state index is 3.44. The molecule has 1 spiro atoms. The summed E-state index contributed by atoms with van der Waals surface area (Å²) in [6.45, 7) is 9.26. The molecular formula is C13H25N3. The lowest BCUT2D eigenvalue weighted by Gasteiger charge is -2.39. The van der Waals surface area contributed by atoms with E-state index in [9.17, 15) is 0 Å². The molecule has 3 fully saturated rings. The van der Waals surface area contributed by atoms with Crippen LogP contribution in [0.25, 0.3) is 0 Å². The number of rotatable bonds is 2. The van der Waals surface area contributed by atoms with Crippen LogP contribution in [0.2, 0.25) is 0 Å². The molecule has 3 saturated heterocycles. The van der Waals surface area contributed by atoms with Gasteiger partial charge in [-0.15, -0.1) is 0 Å². The number of hydrogen-bond acceptors (Lipinski definition) is 3. The van der Waals surface area contributed by atoms with Gasteiger partial charge >= 0.3 is 0 Å². The van der Waals surface area contributed by atoms with Crippen molar-refractivity contribution in [3.63, 3.8) is 0 Å². The van der Waals surface area contributed by atoms with E-state index in [4.69, 9.17) is 0 Å². The van der Waals surface area contributed by atoms with Crippen LogP contribution in [0.15, 0.2) is 0 Å². The summed E-state index contributed by atoms with van der Waals surface area (Å²) in [4.78, 5) is 5.20. The minimum Gasteiger partial charge on any atom is -0.315 e. The molecule has 16 heavy (non-hydrogen) atoms. The summed E-state index contributed by atoms with van der Waals surface area (Å²) < 4.78 is 0. The van der Waals surface area contributed by atoms with E-state index in [-0.39, 0.29) is 0 Å². The maximum absolute atomic E-state index is 3.44. The van der Waals surface area contributed by atoms with Gasteiger partial charge in [-0.2, -0.15) is 0 Å². The van der Waals surface area contributed by atoms with Crippen molar-refractivity contribution in [2.75, 3.05) is 52.9 Å². The van der Waals surface area contributed by atoms with Crippen LogP contribution in [0, 0.1) is 11.3 Å². The van der Waals surface area contributed by atoms with E-state index in [2.05, 4.69) is 22.2 Å². The second kappa shape index (κ2) is 4.28. The number of likely N-dealkylation sites (tertiary alicyclic amines) is 2. The summed E-state index contributed by atoms with van der Waals surface area (Å²) in [6.07, 6.45) is 4.27. The van der Waals surface area contributed by atoms with Crippen LogP contribution in [0.5, 0.6) is 0 Å². The number of hydrogen-bond donors (Lipinski definition) is 1. The van der Waals surface area contributed by atoms with Crippen LogP contribution in [-0.4, -0.2) is 62.7 Å². The molecule has 0 amide bonds. The van der Waals surface area contributed by atoms with Crippen molar-refractivity contribution < 1.29 is 0 Å². The van der Waals surface area contributed by atoms with Gasteiger partial charge in [0.05, 0.1) is 0 Å². The Balaban J connectivity index is 1.45. The predicted octanol–water partition coefficient (Wildman–Crippen LogP) is 0.623. The zero-order valence-corrected chi connectivity index (χ0v) is 10.5. The molecule has 0 aromatic rings. The molecule has 0 aromatic carbocycles. The highest BCUT2D eigenvalue weighted by Gasteiger charge is 2.43. The number of nitrogens with one attached hydrogen (secondary N) is 1. The molecule has 3 heterocycles. The van der Waals surface area contributed by atoms with E-state index in [0.717, 1.165) is 5.92 Å². The first-order chi connectivity index (χ1) is 7.76. The molecule has 3 aliphatic heterocycles. The van der Waals surface area contributed by atoms with Crippen LogP contribution >= 0.6 is 0 Å². The van der Waals surface area contributed by atoms with Crippen molar-refractivity contribution in [3.05, 3.63) is 0 Å². The summed E-state index contributed by atoms with van der Waals surface area (Å²) in [6, 6.07) is 0. The van der Waals surface area contributed by atoms with E-state index >= 15 is 0 Å². The topological polar surface area (TPSA) is 18.5 Å². The summed E-state index contributed by atoms with van der Waals surface area (Å²) in [5.74, 6) is 0.972. The van der Waals surface area contributed by atoms with E-state index in [0.29, 0.717) is 5.41 Å². The van der Waals surface area contributed by atoms with Crippen molar-refractivity contribution in [1.82, 2.24) is 15.1 Å². The number of piperidine rings is 1. The van der Waals surface area contributed by atoms with Gasteiger partial charge in [0.15, 0.2) is 0 Å². The smallest absolute Gasteiger partial charge is 0.00918 e. The fourth-order valence-corrected chi connectivity index (χ4v) is 3.56. The van der Waals surface area contributed by atoms with Gasteiger partial charge in [0.2, 0.25) is 0 Å². The summed E-state index contributed by atoms with van der Waals surface area (Å²) >= 11 is 0. The zero-order chi connectivity index (χ0) is 11.0. The lowest BCUT2D eigenvalue weighted by atomic mass is 9.81. The average Bonchev–Trinajstić information content (AvgIpc) is 2.66. The lowest BCUT2D eigenvalue weighted by molar-refractivity contribution is 0.141. The zero-order valence-electron chi connectivity index (χ0n) is 10.5. The van der Waals surface area contributed by atoms with E-state index in [1.807, 2.05) is 0 Å². The minimum atomic E-state index is 0.686. The monoisotopic (exact) mass is 223 g/mol. The number of nitrogens with zero attached hydrogens (tertiary/aromatic N) is 2. The first kappa shape index (κ1) is 11.0. The first-order valence-electron chi connectivity index (χ1n) is 6.87. The molecular weight excluding hydrogens is 198 g/mol. The van der Waals surface area contributed by atoms with E-state index in [1.54, 1.807) is 0 Å². The van der Waals surface area contributed by atoms with Gasteiger partial charge in [0.25, 0.3) is 0 Å². The Kier molecular flexibility index (Phi) is 2.94. The molecule has 92 valence electrons. The highest BCUT2D eigenvalue weighted by atomic mass is 15.2. The summed E-state index contributed by atoms with van der Waals surface area (Å²) in [5, 5.41) is 3.44. The van der Waals surface area contributed by atoms with Gasteiger partial charge < -0.3 is 15.1 Å². The van der Waals surface area contributed by atoms with Crippen LogP contribution in [-0.2, 0) is 0 Å². The second-order valence-electron chi connectivity index (χ2n) is 6.34. The Labute approximate surface area is 99.2 Å². The molecule has 1 N–H and O–H groups in total. The van der Waals surface area contributed by atoms with Crippen LogP contribution in [0.4, 0.5) is 0 Å². The van der Waals surface area contributed by atoms with Crippen LogP contribution in [0.3, 0.4) is 0 Å². The van der Waals surface area contributed by atoms with E-state index < -0.39 is 0 Å². The molecule has 3 heteroatoms. The quantitative estimate of drug-likeness (QED) is 0.740. The van der Waals surface area contributed by atoms with Crippen molar-refractivity contribution in [2.24, 2.45) is 11.3 Å². The van der Waals surface area contributed by atoms with Crippen molar-refractivity contribution in [1.29, 1.82) is 0 Å². The van der Waals surface area contributed by atoms with Crippen LogP contribution < -0.4 is 5.32 Å². The molecule has 0 aromatic heterocycles. The van der Waals surface area contributed by atoms with Gasteiger partial charge in [0.1, 0.15) is 0 Å². The third-order valence-corrected chi connectivity index (χ3v) is 4.87. The van der Waals surface area contributed by atoms with Gasteiger partial charge in [-0.05, 0) is 51.9 Å². The lowest BCUT2D eigenvalue weighted by Crippen LogP contribution is -2.54. The van der Waals surface area contributed by atoms with Crippen molar-refractivity contribution >= 4 is 0 Å². The fraction of sp³-hybridized carbons (Fsp3) is 1.00. The first-order valence-corrected chi connectivity index (χ1v) is 6.87. The maximum Gasteiger partial charge on any atom is 0.00918 e. The molecule has 0 saturated carbocycles. The van der Waals surface area contributed by atoms with Gasteiger partial charge in [-0.3, -0.25) is 0 Å². The fourth-order valence-electron chi connectivity index (χ4n) is 3.56. The third kappa shape index (κ3) is 2.13. The van der Waals surface area contributed by atoms with E-state index in [1.165, 1.54) is 65.1 Å². The highest BCUT2D eigenvalue weighted by Crippen LogP contribution is 2.34. The summed E-state index contributed by atoms with van der Waals surface area (Å²) in [7, 11) is 2.25. The molecule has 3 nitrogen and oxygen atoms in total. The summed E-state index contributed by atoms with van der Waals surface area (Å²) in [5.41, 5.74) is 0.686. The molecule has 0 unspecified atom stereocenters. The van der Waals surface area contributed by atoms with Gasteiger partial charge in [-0.1, -0.05) is 0 Å². The van der Waals surface area contributed by atoms with Crippen LogP contribution in [0.1, 0.15) is 19.3 Å². The largest absolute Gasteiger partial charge is 0.315 e. The predicted molar refractivity (Wildman–Crippen MR) is 66.6 cm³/mol. The molecule has 0 bridgehead atoms. The molecule has 0 radical (unpaired) electrons. The molecule has 3 rings (SSSR count). The standard InChI is InChI=1S/C13H25N3/c1-15-5-2-12(3-6-15)8-16-7-4-13(11-16)9-14-10-13/h12,14H,2-11H2,1H3. The van der Waals surface area contributed by atoms with Crippen molar-refractivity contribution in [2.45, 2.75) is 19.3 Å². The Morgan fingerprint density at radius 3 is 2.50 bits per heavy atom.